The van der Waals surface area contributed by atoms with Crippen LogP contribution in [0.15, 0.2) is 42.7 Å². The van der Waals surface area contributed by atoms with Gasteiger partial charge in [0.2, 0.25) is 0 Å². The van der Waals surface area contributed by atoms with Gasteiger partial charge in [-0.3, -0.25) is 9.78 Å². The summed E-state index contributed by atoms with van der Waals surface area (Å²) in [7, 11) is 3.91. The summed E-state index contributed by atoms with van der Waals surface area (Å²) in [6, 6.07) is 9.10. The number of rotatable bonds is 4. The first-order chi connectivity index (χ1) is 13.2. The van der Waals surface area contributed by atoms with E-state index in [1.807, 2.05) is 43.3 Å². The van der Waals surface area contributed by atoms with Crippen LogP contribution >= 0.6 is 0 Å². The van der Waals surface area contributed by atoms with Crippen molar-refractivity contribution in [2.24, 2.45) is 5.92 Å². The maximum atomic E-state index is 13.0. The minimum atomic E-state index is -4.20. The SMILES string of the molecule is CN(C)c1ccc(-c2cncc(C(=O)NC3CCCC(C(F)(F)F)C3)c2)cc1. The maximum Gasteiger partial charge on any atom is 0.391 e. The molecule has 1 amide bonds. The van der Waals surface area contributed by atoms with Crippen molar-refractivity contribution in [3.63, 3.8) is 0 Å². The lowest BCUT2D eigenvalue weighted by molar-refractivity contribution is -0.183. The van der Waals surface area contributed by atoms with Crippen molar-refractivity contribution in [2.75, 3.05) is 19.0 Å². The molecule has 0 bridgehead atoms. The van der Waals surface area contributed by atoms with Gasteiger partial charge in [-0.25, -0.2) is 0 Å². The molecule has 1 N–H and O–H groups in total. The summed E-state index contributed by atoms with van der Waals surface area (Å²) in [6.07, 6.45) is 0.00963. The highest BCUT2D eigenvalue weighted by Gasteiger charge is 2.42. The summed E-state index contributed by atoms with van der Waals surface area (Å²) in [6.45, 7) is 0. The second kappa shape index (κ2) is 8.20. The van der Waals surface area contributed by atoms with E-state index in [9.17, 15) is 18.0 Å². The molecular formula is C21H24F3N3O. The Morgan fingerprint density at radius 2 is 1.82 bits per heavy atom. The summed E-state index contributed by atoms with van der Waals surface area (Å²) >= 11 is 0. The van der Waals surface area contributed by atoms with E-state index in [2.05, 4.69) is 10.3 Å². The lowest BCUT2D eigenvalue weighted by Crippen LogP contribution is -2.41. The molecule has 7 heteroatoms. The molecule has 1 aliphatic carbocycles. The fourth-order valence-corrected chi connectivity index (χ4v) is 3.56. The van der Waals surface area contributed by atoms with Crippen LogP contribution in [0, 0.1) is 5.92 Å². The Morgan fingerprint density at radius 1 is 1.11 bits per heavy atom. The van der Waals surface area contributed by atoms with Crippen molar-refractivity contribution in [3.05, 3.63) is 48.3 Å². The number of amides is 1. The largest absolute Gasteiger partial charge is 0.391 e. The topological polar surface area (TPSA) is 45.2 Å². The van der Waals surface area contributed by atoms with Gasteiger partial charge < -0.3 is 10.2 Å². The van der Waals surface area contributed by atoms with Gasteiger partial charge in [-0.2, -0.15) is 13.2 Å². The molecule has 0 aliphatic heterocycles. The molecule has 0 spiro atoms. The van der Waals surface area contributed by atoms with Crippen molar-refractivity contribution >= 4 is 11.6 Å². The second-order valence-corrected chi connectivity index (χ2v) is 7.48. The number of hydrogen-bond donors (Lipinski definition) is 1. The van der Waals surface area contributed by atoms with E-state index in [4.69, 9.17) is 0 Å². The summed E-state index contributed by atoms with van der Waals surface area (Å²) in [5.74, 6) is -1.72. The second-order valence-electron chi connectivity index (χ2n) is 7.48. The van der Waals surface area contributed by atoms with Crippen molar-refractivity contribution < 1.29 is 18.0 Å². The predicted molar refractivity (Wildman–Crippen MR) is 103 cm³/mol. The van der Waals surface area contributed by atoms with Crippen LogP contribution in [-0.2, 0) is 0 Å². The van der Waals surface area contributed by atoms with E-state index in [0.717, 1.165) is 16.8 Å². The Kier molecular flexibility index (Phi) is 5.91. The number of aromatic nitrogens is 1. The number of carbonyl (C=O) groups excluding carboxylic acids is 1. The van der Waals surface area contributed by atoms with Gasteiger partial charge in [0.15, 0.2) is 0 Å². The number of carbonyl (C=O) groups is 1. The molecule has 1 saturated carbocycles. The average Bonchev–Trinajstić information content (AvgIpc) is 2.67. The first-order valence-corrected chi connectivity index (χ1v) is 9.34. The van der Waals surface area contributed by atoms with Crippen molar-refractivity contribution in [1.82, 2.24) is 10.3 Å². The Labute approximate surface area is 162 Å². The molecule has 1 heterocycles. The Balaban J connectivity index is 1.70. The lowest BCUT2D eigenvalue weighted by Gasteiger charge is -2.31. The number of hydrogen-bond acceptors (Lipinski definition) is 3. The fourth-order valence-electron chi connectivity index (χ4n) is 3.56. The van der Waals surface area contributed by atoms with E-state index >= 15 is 0 Å². The maximum absolute atomic E-state index is 13.0. The minimum absolute atomic E-state index is 0.0612. The highest BCUT2D eigenvalue weighted by Crippen LogP contribution is 2.37. The molecule has 4 nitrogen and oxygen atoms in total. The molecule has 3 rings (SSSR count). The molecule has 1 aromatic heterocycles. The zero-order valence-corrected chi connectivity index (χ0v) is 16.0. The predicted octanol–water partition coefficient (Wildman–Crippen LogP) is 4.67. The quantitative estimate of drug-likeness (QED) is 0.824. The van der Waals surface area contributed by atoms with Gasteiger partial charge >= 0.3 is 6.18 Å². The van der Waals surface area contributed by atoms with Gasteiger partial charge in [0, 0.05) is 43.8 Å². The molecule has 0 saturated heterocycles. The summed E-state index contributed by atoms with van der Waals surface area (Å²) in [4.78, 5) is 18.7. The van der Waals surface area contributed by atoms with Gasteiger partial charge in [0.05, 0.1) is 11.5 Å². The van der Waals surface area contributed by atoms with Crippen LogP contribution in [0.1, 0.15) is 36.0 Å². The van der Waals surface area contributed by atoms with Gasteiger partial charge in [-0.1, -0.05) is 18.6 Å². The van der Waals surface area contributed by atoms with Crippen molar-refractivity contribution in [2.45, 2.75) is 37.9 Å². The molecule has 1 fully saturated rings. The molecule has 28 heavy (non-hydrogen) atoms. The van der Waals surface area contributed by atoms with Crippen LogP contribution in [0.2, 0.25) is 0 Å². The van der Waals surface area contributed by atoms with Gasteiger partial charge in [-0.05, 0) is 43.0 Å². The Morgan fingerprint density at radius 3 is 2.46 bits per heavy atom. The van der Waals surface area contributed by atoms with E-state index in [0.29, 0.717) is 18.4 Å². The number of nitrogens with one attached hydrogen (secondary N) is 1. The number of anilines is 1. The van der Waals surface area contributed by atoms with Crippen LogP contribution < -0.4 is 10.2 Å². The van der Waals surface area contributed by atoms with Crippen LogP contribution in [0.4, 0.5) is 18.9 Å². The van der Waals surface area contributed by atoms with Gasteiger partial charge in [0.25, 0.3) is 5.91 Å². The van der Waals surface area contributed by atoms with E-state index in [1.165, 1.54) is 6.20 Å². The van der Waals surface area contributed by atoms with Gasteiger partial charge in [0.1, 0.15) is 0 Å². The van der Waals surface area contributed by atoms with Crippen LogP contribution in [0.5, 0.6) is 0 Å². The normalized spacial score (nSPS) is 19.9. The summed E-state index contributed by atoms with van der Waals surface area (Å²) < 4.78 is 38.9. The number of benzene rings is 1. The Bertz CT molecular complexity index is 818. The van der Waals surface area contributed by atoms with Crippen LogP contribution in [0.3, 0.4) is 0 Å². The zero-order valence-electron chi connectivity index (χ0n) is 16.0. The monoisotopic (exact) mass is 391 g/mol. The summed E-state index contributed by atoms with van der Waals surface area (Å²) in [5, 5.41) is 2.75. The molecule has 2 atom stereocenters. The first kappa shape index (κ1) is 20.2. The third kappa shape index (κ3) is 4.82. The van der Waals surface area contributed by atoms with E-state index in [1.54, 1.807) is 12.3 Å². The number of nitrogens with zero attached hydrogens (tertiary/aromatic N) is 2. The van der Waals surface area contributed by atoms with Crippen molar-refractivity contribution in [1.29, 1.82) is 0 Å². The highest BCUT2D eigenvalue weighted by atomic mass is 19.4. The highest BCUT2D eigenvalue weighted by molar-refractivity contribution is 5.95. The smallest absolute Gasteiger partial charge is 0.378 e. The fraction of sp³-hybridized carbons (Fsp3) is 0.429. The minimum Gasteiger partial charge on any atom is -0.378 e. The number of alkyl halides is 3. The molecule has 1 aromatic carbocycles. The molecule has 0 radical (unpaired) electrons. The Hall–Kier alpha value is -2.57. The standard InChI is InChI=1S/C21H24F3N3O/c1-27(2)19-8-6-14(7-9-19)15-10-16(13-25-12-15)20(28)26-18-5-3-4-17(11-18)21(22,23)24/h6-10,12-13,17-18H,3-5,11H2,1-2H3,(H,26,28). The molecule has 2 unspecified atom stereocenters. The first-order valence-electron chi connectivity index (χ1n) is 9.34. The summed E-state index contributed by atoms with van der Waals surface area (Å²) in [5.41, 5.74) is 3.11. The van der Waals surface area contributed by atoms with E-state index < -0.39 is 18.1 Å². The molecule has 2 aromatic rings. The van der Waals surface area contributed by atoms with Crippen LogP contribution in [-0.4, -0.2) is 37.2 Å². The van der Waals surface area contributed by atoms with Crippen LogP contribution in [0.25, 0.3) is 11.1 Å². The number of halogens is 3. The average molecular weight is 391 g/mol. The van der Waals surface area contributed by atoms with Crippen molar-refractivity contribution in [3.8, 4) is 11.1 Å². The van der Waals surface area contributed by atoms with Gasteiger partial charge in [-0.15, -0.1) is 0 Å². The molecule has 1 aliphatic rings. The zero-order chi connectivity index (χ0) is 20.3. The molecular weight excluding hydrogens is 367 g/mol. The number of pyridine rings is 1. The molecule has 150 valence electrons. The lowest BCUT2D eigenvalue weighted by atomic mass is 9.85. The van der Waals surface area contributed by atoms with E-state index in [-0.39, 0.29) is 18.7 Å². The third-order valence-electron chi connectivity index (χ3n) is 5.19. The third-order valence-corrected chi connectivity index (χ3v) is 5.19.